The van der Waals surface area contributed by atoms with Gasteiger partial charge in [0.25, 0.3) is 15.9 Å². The third-order valence-corrected chi connectivity index (χ3v) is 7.01. The Morgan fingerprint density at radius 3 is 1.82 bits per heavy atom. The molecule has 1 amide bonds. The van der Waals surface area contributed by atoms with Gasteiger partial charge in [-0.1, -0.05) is 60.2 Å². The van der Waals surface area contributed by atoms with Gasteiger partial charge in [-0.25, -0.2) is 8.42 Å². The second-order valence-corrected chi connectivity index (χ2v) is 9.32. The summed E-state index contributed by atoms with van der Waals surface area (Å²) in [5.41, 5.74) is 3.35. The SMILES string of the molecule is COc1ccc(-c2ccc(C(=O)N(c3ccccc3)S(=O)(=O)c3ccc(C)cc3)cc2)cc1. The van der Waals surface area contributed by atoms with Crippen LogP contribution in [0.1, 0.15) is 15.9 Å². The first-order valence-corrected chi connectivity index (χ1v) is 11.8. The van der Waals surface area contributed by atoms with Gasteiger partial charge in [-0.3, -0.25) is 4.79 Å². The van der Waals surface area contributed by atoms with Gasteiger partial charge in [-0.15, -0.1) is 0 Å². The van der Waals surface area contributed by atoms with Gasteiger partial charge in [0, 0.05) is 5.56 Å². The summed E-state index contributed by atoms with van der Waals surface area (Å²) in [6.45, 7) is 1.88. The van der Waals surface area contributed by atoms with Crippen LogP contribution in [0.2, 0.25) is 0 Å². The van der Waals surface area contributed by atoms with Crippen molar-refractivity contribution < 1.29 is 17.9 Å². The second kappa shape index (κ2) is 9.30. The molecule has 0 saturated carbocycles. The lowest BCUT2D eigenvalue weighted by atomic mass is 10.0. The third kappa shape index (κ3) is 4.66. The number of nitrogens with zero attached hydrogens (tertiary/aromatic N) is 1. The van der Waals surface area contributed by atoms with Gasteiger partial charge in [0.15, 0.2) is 0 Å². The predicted molar refractivity (Wildman–Crippen MR) is 130 cm³/mol. The molecule has 4 aromatic carbocycles. The summed E-state index contributed by atoms with van der Waals surface area (Å²) < 4.78 is 33.1. The molecule has 0 fully saturated rings. The van der Waals surface area contributed by atoms with Crippen LogP contribution < -0.4 is 9.04 Å². The summed E-state index contributed by atoms with van der Waals surface area (Å²) in [5, 5.41) is 0. The number of amides is 1. The highest BCUT2D eigenvalue weighted by molar-refractivity contribution is 7.93. The number of para-hydroxylation sites is 1. The molecule has 0 aliphatic heterocycles. The van der Waals surface area contributed by atoms with Crippen molar-refractivity contribution in [2.45, 2.75) is 11.8 Å². The van der Waals surface area contributed by atoms with Crippen LogP contribution in [-0.4, -0.2) is 21.4 Å². The zero-order valence-electron chi connectivity index (χ0n) is 18.3. The Labute approximate surface area is 193 Å². The number of hydrogen-bond acceptors (Lipinski definition) is 4. The van der Waals surface area contributed by atoms with Crippen LogP contribution in [-0.2, 0) is 10.0 Å². The molecule has 33 heavy (non-hydrogen) atoms. The van der Waals surface area contributed by atoms with Crippen LogP contribution in [0.5, 0.6) is 5.75 Å². The maximum atomic E-state index is 13.5. The van der Waals surface area contributed by atoms with Crippen molar-refractivity contribution in [1.29, 1.82) is 0 Å². The van der Waals surface area contributed by atoms with Crippen LogP contribution in [0.25, 0.3) is 11.1 Å². The Morgan fingerprint density at radius 1 is 0.727 bits per heavy atom. The lowest BCUT2D eigenvalue weighted by Crippen LogP contribution is -2.37. The molecule has 0 aromatic heterocycles. The Hall–Kier alpha value is -3.90. The van der Waals surface area contributed by atoms with Crippen molar-refractivity contribution in [2.75, 3.05) is 11.4 Å². The Bertz CT molecular complexity index is 1350. The lowest BCUT2D eigenvalue weighted by Gasteiger charge is -2.23. The largest absolute Gasteiger partial charge is 0.497 e. The molecule has 0 unspecified atom stereocenters. The fourth-order valence-corrected chi connectivity index (χ4v) is 4.86. The number of carbonyl (C=O) groups excluding carboxylic acids is 1. The van der Waals surface area contributed by atoms with E-state index in [1.165, 1.54) is 12.1 Å². The van der Waals surface area contributed by atoms with Gasteiger partial charge in [0.1, 0.15) is 5.75 Å². The van der Waals surface area contributed by atoms with Gasteiger partial charge in [-0.2, -0.15) is 4.31 Å². The molecule has 166 valence electrons. The molecule has 0 radical (unpaired) electrons. The molecular formula is C27H23NO4S. The average molecular weight is 458 g/mol. The minimum absolute atomic E-state index is 0.0557. The maximum Gasteiger partial charge on any atom is 0.272 e. The molecular weight excluding hydrogens is 434 g/mol. The van der Waals surface area contributed by atoms with Crippen molar-refractivity contribution >= 4 is 21.6 Å². The molecule has 0 bridgehead atoms. The number of carbonyl (C=O) groups is 1. The van der Waals surface area contributed by atoms with E-state index < -0.39 is 15.9 Å². The highest BCUT2D eigenvalue weighted by Crippen LogP contribution is 2.28. The summed E-state index contributed by atoms with van der Waals surface area (Å²) in [7, 11) is -2.51. The number of rotatable bonds is 6. The van der Waals surface area contributed by atoms with Gasteiger partial charge >= 0.3 is 0 Å². The molecule has 0 aliphatic rings. The predicted octanol–water partition coefficient (Wildman–Crippen LogP) is 5.71. The Morgan fingerprint density at radius 2 is 1.27 bits per heavy atom. The van der Waals surface area contributed by atoms with Crippen molar-refractivity contribution in [2.24, 2.45) is 0 Å². The van der Waals surface area contributed by atoms with Crippen molar-refractivity contribution in [3.05, 3.63) is 114 Å². The number of anilines is 1. The first-order valence-electron chi connectivity index (χ1n) is 10.4. The first kappa shape index (κ1) is 22.3. The van der Waals surface area contributed by atoms with E-state index in [1.807, 2.05) is 31.2 Å². The number of sulfonamides is 1. The monoisotopic (exact) mass is 457 g/mol. The van der Waals surface area contributed by atoms with E-state index in [2.05, 4.69) is 0 Å². The summed E-state index contributed by atoms with van der Waals surface area (Å²) >= 11 is 0. The summed E-state index contributed by atoms with van der Waals surface area (Å²) in [4.78, 5) is 13.5. The van der Waals surface area contributed by atoms with E-state index in [4.69, 9.17) is 4.74 Å². The summed E-state index contributed by atoms with van der Waals surface area (Å²) in [6.07, 6.45) is 0. The van der Waals surface area contributed by atoms with E-state index in [0.29, 0.717) is 0 Å². The highest BCUT2D eigenvalue weighted by Gasteiger charge is 2.31. The summed E-state index contributed by atoms with van der Waals surface area (Å²) in [5.74, 6) is 0.133. The number of aryl methyl sites for hydroxylation is 1. The standard InChI is InChI=1S/C27H23NO4S/c1-20-8-18-26(19-9-20)33(30,31)28(24-6-4-3-5-7-24)27(29)23-12-10-21(11-13-23)22-14-16-25(32-2)17-15-22/h3-19H,1-2H3. The zero-order chi connectivity index (χ0) is 23.4. The Kier molecular flexibility index (Phi) is 6.29. The fraction of sp³-hybridized carbons (Fsp3) is 0.0741. The molecule has 0 aliphatic carbocycles. The molecule has 0 spiro atoms. The molecule has 0 heterocycles. The fourth-order valence-electron chi connectivity index (χ4n) is 3.45. The van der Waals surface area contributed by atoms with Crippen LogP contribution in [0, 0.1) is 6.92 Å². The molecule has 6 heteroatoms. The van der Waals surface area contributed by atoms with Crippen molar-refractivity contribution in [3.63, 3.8) is 0 Å². The maximum absolute atomic E-state index is 13.5. The molecule has 4 aromatic rings. The van der Waals surface area contributed by atoms with Crippen LogP contribution >= 0.6 is 0 Å². The molecule has 0 N–H and O–H groups in total. The number of methoxy groups -OCH3 is 1. The molecule has 4 rings (SSSR count). The normalized spacial score (nSPS) is 11.1. The van der Waals surface area contributed by atoms with Gasteiger partial charge in [-0.05, 0) is 66.6 Å². The van der Waals surface area contributed by atoms with Crippen molar-refractivity contribution in [3.8, 4) is 16.9 Å². The second-order valence-electron chi connectivity index (χ2n) is 7.53. The van der Waals surface area contributed by atoms with Crippen LogP contribution in [0.3, 0.4) is 0 Å². The zero-order valence-corrected chi connectivity index (χ0v) is 19.1. The van der Waals surface area contributed by atoms with Gasteiger partial charge < -0.3 is 4.74 Å². The lowest BCUT2D eigenvalue weighted by molar-refractivity contribution is 0.101. The van der Waals surface area contributed by atoms with E-state index in [-0.39, 0.29) is 16.1 Å². The van der Waals surface area contributed by atoms with E-state index in [9.17, 15) is 13.2 Å². The smallest absolute Gasteiger partial charge is 0.272 e. The molecule has 0 saturated heterocycles. The quantitative estimate of drug-likeness (QED) is 0.372. The van der Waals surface area contributed by atoms with Gasteiger partial charge in [0.05, 0.1) is 17.7 Å². The van der Waals surface area contributed by atoms with Crippen molar-refractivity contribution in [1.82, 2.24) is 0 Å². The molecule has 5 nitrogen and oxygen atoms in total. The third-order valence-electron chi connectivity index (χ3n) is 5.29. The number of benzene rings is 4. The Balaban J connectivity index is 1.72. The number of ether oxygens (including phenoxy) is 1. The summed E-state index contributed by atoms with van der Waals surface area (Å²) in [6, 6.07) is 29.3. The number of hydrogen-bond donors (Lipinski definition) is 0. The minimum Gasteiger partial charge on any atom is -0.497 e. The van der Waals surface area contributed by atoms with E-state index >= 15 is 0 Å². The van der Waals surface area contributed by atoms with Crippen LogP contribution in [0.4, 0.5) is 5.69 Å². The van der Waals surface area contributed by atoms with E-state index in [0.717, 1.165) is 26.7 Å². The van der Waals surface area contributed by atoms with Crippen LogP contribution in [0.15, 0.2) is 108 Å². The average Bonchev–Trinajstić information content (AvgIpc) is 2.85. The van der Waals surface area contributed by atoms with Gasteiger partial charge in [0.2, 0.25) is 0 Å². The highest BCUT2D eigenvalue weighted by atomic mass is 32.2. The van der Waals surface area contributed by atoms with E-state index in [1.54, 1.807) is 73.8 Å². The molecule has 0 atom stereocenters. The topological polar surface area (TPSA) is 63.7 Å². The first-order chi connectivity index (χ1) is 15.9. The minimum atomic E-state index is -4.12.